The highest BCUT2D eigenvalue weighted by atomic mass is 35.5. The van der Waals surface area contributed by atoms with Crippen LogP contribution in [0.4, 0.5) is 10.8 Å². The zero-order valence-electron chi connectivity index (χ0n) is 14.1. The van der Waals surface area contributed by atoms with Crippen molar-refractivity contribution in [2.45, 2.75) is 25.2 Å². The van der Waals surface area contributed by atoms with Crippen LogP contribution in [-0.2, 0) is 9.59 Å². The summed E-state index contributed by atoms with van der Waals surface area (Å²) < 4.78 is 5.31. The number of carbonyl (C=O) groups is 2. The first kappa shape index (κ1) is 17.2. The Kier molecular flexibility index (Phi) is 4.54. The summed E-state index contributed by atoms with van der Waals surface area (Å²) in [5.74, 6) is 0.223. The Labute approximate surface area is 159 Å². The van der Waals surface area contributed by atoms with Crippen molar-refractivity contribution in [1.29, 1.82) is 0 Å². The molecule has 4 rings (SSSR count). The number of methoxy groups -OCH3 is 1. The van der Waals surface area contributed by atoms with E-state index in [1.165, 1.54) is 18.4 Å². The fourth-order valence-electron chi connectivity index (χ4n) is 2.98. The molecule has 2 amide bonds. The Bertz CT molecular complexity index is 867. The lowest BCUT2D eigenvalue weighted by molar-refractivity contribution is -0.122. The fraction of sp³-hybridized carbons (Fsp3) is 0.412. The van der Waals surface area contributed by atoms with Crippen LogP contribution in [0.1, 0.15) is 30.2 Å². The van der Waals surface area contributed by atoms with E-state index in [0.717, 1.165) is 17.8 Å². The number of amides is 2. The number of ether oxygens (including phenoxy) is 1. The van der Waals surface area contributed by atoms with Gasteiger partial charge >= 0.3 is 0 Å². The Balaban J connectivity index is 1.46. The van der Waals surface area contributed by atoms with Crippen molar-refractivity contribution < 1.29 is 14.3 Å². The summed E-state index contributed by atoms with van der Waals surface area (Å²) in [4.78, 5) is 26.5. The molecule has 0 unspecified atom stereocenters. The fourth-order valence-corrected chi connectivity index (χ4v) is 4.06. The summed E-state index contributed by atoms with van der Waals surface area (Å²) >= 11 is 7.46. The van der Waals surface area contributed by atoms with E-state index in [1.54, 1.807) is 23.1 Å². The second-order valence-corrected chi connectivity index (χ2v) is 7.88. The van der Waals surface area contributed by atoms with Crippen LogP contribution in [-0.4, -0.2) is 35.7 Å². The first-order chi connectivity index (χ1) is 12.5. The average molecular weight is 393 g/mol. The van der Waals surface area contributed by atoms with Crippen LogP contribution < -0.4 is 15.0 Å². The van der Waals surface area contributed by atoms with Crippen LogP contribution in [0.15, 0.2) is 18.2 Å². The quantitative estimate of drug-likeness (QED) is 0.845. The van der Waals surface area contributed by atoms with E-state index in [2.05, 4.69) is 15.5 Å². The van der Waals surface area contributed by atoms with Crippen molar-refractivity contribution in [2.24, 2.45) is 5.92 Å². The van der Waals surface area contributed by atoms with Gasteiger partial charge in [-0.05, 0) is 31.0 Å². The molecule has 1 saturated carbocycles. The van der Waals surface area contributed by atoms with Gasteiger partial charge in [0.15, 0.2) is 0 Å². The largest absolute Gasteiger partial charge is 0.495 e. The Morgan fingerprint density at radius 3 is 2.92 bits per heavy atom. The average Bonchev–Trinajstić information content (AvgIpc) is 3.25. The lowest BCUT2D eigenvalue weighted by Gasteiger charge is -2.19. The van der Waals surface area contributed by atoms with Gasteiger partial charge in [-0.3, -0.25) is 9.59 Å². The number of anilines is 2. The van der Waals surface area contributed by atoms with Crippen molar-refractivity contribution in [3.63, 3.8) is 0 Å². The zero-order valence-corrected chi connectivity index (χ0v) is 15.6. The number of hydrogen-bond donors (Lipinski definition) is 1. The molecule has 136 valence electrons. The van der Waals surface area contributed by atoms with Crippen LogP contribution in [0, 0.1) is 5.92 Å². The van der Waals surface area contributed by atoms with Crippen LogP contribution in [0.25, 0.3) is 0 Å². The maximum absolute atomic E-state index is 12.5. The zero-order chi connectivity index (χ0) is 18.3. The molecule has 1 aliphatic heterocycles. The van der Waals surface area contributed by atoms with Gasteiger partial charge in [0.05, 0.1) is 18.7 Å². The smallest absolute Gasteiger partial charge is 0.231 e. The normalized spacial score (nSPS) is 19.7. The van der Waals surface area contributed by atoms with Crippen molar-refractivity contribution in [3.8, 4) is 5.75 Å². The molecule has 0 bridgehead atoms. The molecule has 1 aliphatic carbocycles. The van der Waals surface area contributed by atoms with E-state index < -0.39 is 5.92 Å². The summed E-state index contributed by atoms with van der Waals surface area (Å²) in [5.41, 5.74) is 0.576. The highest BCUT2D eigenvalue weighted by Gasteiger charge is 2.37. The van der Waals surface area contributed by atoms with Crippen LogP contribution in [0.5, 0.6) is 5.75 Å². The van der Waals surface area contributed by atoms with E-state index in [1.807, 2.05) is 0 Å². The predicted molar refractivity (Wildman–Crippen MR) is 99.0 cm³/mol. The van der Waals surface area contributed by atoms with E-state index in [-0.39, 0.29) is 24.8 Å². The summed E-state index contributed by atoms with van der Waals surface area (Å²) in [6, 6.07) is 5.08. The van der Waals surface area contributed by atoms with Crippen LogP contribution in [0.2, 0.25) is 5.02 Å². The number of hydrogen-bond acceptors (Lipinski definition) is 6. The third-order valence-electron chi connectivity index (χ3n) is 4.52. The number of rotatable bonds is 5. The molecular weight excluding hydrogens is 376 g/mol. The SMILES string of the molecule is COc1ccc(Cl)cc1N1C[C@H](C(=O)Nc2nnc(C3CC3)s2)CC1=O. The standard InChI is InChI=1S/C17H17ClN4O3S/c1-25-13-5-4-11(18)7-12(13)22-8-10(6-14(22)23)15(24)19-17-21-20-16(26-17)9-2-3-9/h4-5,7,9-10H,2-3,6,8H2,1H3,(H,19,21,24)/t10-/m1/s1. The van der Waals surface area contributed by atoms with E-state index in [0.29, 0.717) is 27.5 Å². The molecule has 1 aromatic carbocycles. The molecule has 2 aromatic rings. The Morgan fingerprint density at radius 2 is 2.19 bits per heavy atom. The van der Waals surface area contributed by atoms with Crippen molar-refractivity contribution in [1.82, 2.24) is 10.2 Å². The van der Waals surface area contributed by atoms with Crippen LogP contribution >= 0.6 is 22.9 Å². The minimum absolute atomic E-state index is 0.135. The van der Waals surface area contributed by atoms with Gasteiger partial charge in [-0.2, -0.15) is 0 Å². The summed E-state index contributed by atoms with van der Waals surface area (Å²) in [7, 11) is 1.53. The third-order valence-corrected chi connectivity index (χ3v) is 5.76. The van der Waals surface area contributed by atoms with Gasteiger partial charge in [0.2, 0.25) is 16.9 Å². The molecule has 0 radical (unpaired) electrons. The highest BCUT2D eigenvalue weighted by molar-refractivity contribution is 7.15. The molecule has 1 N–H and O–H groups in total. The molecule has 1 aromatic heterocycles. The molecule has 2 fully saturated rings. The summed E-state index contributed by atoms with van der Waals surface area (Å²) in [5, 5.41) is 12.9. The second kappa shape index (κ2) is 6.85. The minimum Gasteiger partial charge on any atom is -0.495 e. The van der Waals surface area contributed by atoms with Gasteiger partial charge in [-0.15, -0.1) is 10.2 Å². The molecular formula is C17H17ClN4O3S. The monoisotopic (exact) mass is 392 g/mol. The Hall–Kier alpha value is -2.19. The summed E-state index contributed by atoms with van der Waals surface area (Å²) in [6.45, 7) is 0.273. The van der Waals surface area contributed by atoms with Crippen molar-refractivity contribution in [2.75, 3.05) is 23.9 Å². The molecule has 1 atom stereocenters. The van der Waals surface area contributed by atoms with Gasteiger partial charge in [-0.1, -0.05) is 22.9 Å². The number of nitrogens with zero attached hydrogens (tertiary/aromatic N) is 3. The van der Waals surface area contributed by atoms with Crippen LogP contribution in [0.3, 0.4) is 0 Å². The van der Waals surface area contributed by atoms with E-state index >= 15 is 0 Å². The molecule has 7 nitrogen and oxygen atoms in total. The number of aromatic nitrogens is 2. The van der Waals surface area contributed by atoms with E-state index in [4.69, 9.17) is 16.3 Å². The molecule has 26 heavy (non-hydrogen) atoms. The van der Waals surface area contributed by atoms with Gasteiger partial charge in [0.25, 0.3) is 0 Å². The minimum atomic E-state index is -0.459. The molecule has 9 heteroatoms. The van der Waals surface area contributed by atoms with Gasteiger partial charge in [-0.25, -0.2) is 0 Å². The summed E-state index contributed by atoms with van der Waals surface area (Å²) in [6.07, 6.45) is 2.40. The van der Waals surface area contributed by atoms with Gasteiger partial charge in [0, 0.05) is 23.9 Å². The molecule has 2 aliphatic rings. The van der Waals surface area contributed by atoms with Crippen molar-refractivity contribution in [3.05, 3.63) is 28.2 Å². The molecule has 2 heterocycles. The predicted octanol–water partition coefficient (Wildman–Crippen LogP) is 3.07. The van der Waals surface area contributed by atoms with Gasteiger partial charge < -0.3 is 15.0 Å². The van der Waals surface area contributed by atoms with Crippen molar-refractivity contribution >= 4 is 45.6 Å². The number of carbonyl (C=O) groups excluding carboxylic acids is 2. The lowest BCUT2D eigenvalue weighted by atomic mass is 10.1. The number of nitrogens with one attached hydrogen (secondary N) is 1. The topological polar surface area (TPSA) is 84.4 Å². The maximum Gasteiger partial charge on any atom is 0.231 e. The first-order valence-corrected chi connectivity index (χ1v) is 9.52. The highest BCUT2D eigenvalue weighted by Crippen LogP contribution is 2.42. The number of benzene rings is 1. The Morgan fingerprint density at radius 1 is 1.38 bits per heavy atom. The van der Waals surface area contributed by atoms with Gasteiger partial charge in [0.1, 0.15) is 10.8 Å². The lowest BCUT2D eigenvalue weighted by Crippen LogP contribution is -2.28. The molecule has 1 saturated heterocycles. The third kappa shape index (κ3) is 3.39. The van der Waals surface area contributed by atoms with E-state index in [9.17, 15) is 9.59 Å². The first-order valence-electron chi connectivity index (χ1n) is 8.33. The maximum atomic E-state index is 12.5. The second-order valence-electron chi connectivity index (χ2n) is 6.43. The molecule has 0 spiro atoms. The number of halogens is 1.